The van der Waals surface area contributed by atoms with E-state index in [1.54, 1.807) is 20.3 Å². The molecule has 3 aromatic rings. The number of aryl methyl sites for hydroxylation is 1. The number of benzene rings is 2. The number of urea groups is 1. The standard InChI is InChI=1S/C22H26N4O3/c1-13(2)15-6-9-17(10-7-15)23-22(27)24-20-14(3)25-26-21(20)16-8-11-18(28-4)19(12-16)29-5/h6-13H,1-5H3,(H,25,26)(H2,23,24,27). The van der Waals surface area contributed by atoms with E-state index in [1.807, 2.05) is 43.3 Å². The fraction of sp³-hybridized carbons (Fsp3) is 0.273. The molecule has 0 aliphatic rings. The molecule has 0 radical (unpaired) electrons. The number of carbonyl (C=O) groups is 1. The Morgan fingerprint density at radius 3 is 2.31 bits per heavy atom. The molecule has 7 nitrogen and oxygen atoms in total. The number of aromatic amines is 1. The van der Waals surface area contributed by atoms with Gasteiger partial charge in [-0.2, -0.15) is 5.10 Å². The lowest BCUT2D eigenvalue weighted by atomic mass is 10.0. The molecule has 152 valence electrons. The molecule has 0 spiro atoms. The van der Waals surface area contributed by atoms with E-state index in [0.29, 0.717) is 28.8 Å². The van der Waals surface area contributed by atoms with E-state index >= 15 is 0 Å². The van der Waals surface area contributed by atoms with Gasteiger partial charge in [-0.25, -0.2) is 4.79 Å². The van der Waals surface area contributed by atoms with Gasteiger partial charge in [0, 0.05) is 11.3 Å². The van der Waals surface area contributed by atoms with Crippen LogP contribution in [0, 0.1) is 6.92 Å². The fourth-order valence-electron chi connectivity index (χ4n) is 3.00. The SMILES string of the molecule is COc1ccc(-c2n[nH]c(C)c2NC(=O)Nc2ccc(C(C)C)cc2)cc1OC. The minimum absolute atomic E-state index is 0.339. The quantitative estimate of drug-likeness (QED) is 0.538. The number of carbonyl (C=O) groups excluding carboxylic acids is 1. The molecule has 0 unspecified atom stereocenters. The van der Waals surface area contributed by atoms with Crippen LogP contribution in [0.3, 0.4) is 0 Å². The summed E-state index contributed by atoms with van der Waals surface area (Å²) in [6, 6.07) is 13.0. The first kappa shape index (κ1) is 20.3. The van der Waals surface area contributed by atoms with Crippen LogP contribution >= 0.6 is 0 Å². The summed E-state index contributed by atoms with van der Waals surface area (Å²) in [5, 5.41) is 13.0. The Balaban J connectivity index is 1.80. The molecule has 3 rings (SSSR count). The third-order valence-corrected chi connectivity index (χ3v) is 4.68. The summed E-state index contributed by atoms with van der Waals surface area (Å²) in [4.78, 5) is 12.5. The van der Waals surface area contributed by atoms with Crippen LogP contribution in [0.4, 0.5) is 16.2 Å². The lowest BCUT2D eigenvalue weighted by molar-refractivity contribution is 0.262. The van der Waals surface area contributed by atoms with Crippen molar-refractivity contribution in [2.45, 2.75) is 26.7 Å². The topological polar surface area (TPSA) is 88.3 Å². The van der Waals surface area contributed by atoms with Crippen LogP contribution in [-0.4, -0.2) is 30.4 Å². The molecule has 2 amide bonds. The van der Waals surface area contributed by atoms with Crippen LogP contribution in [0.25, 0.3) is 11.3 Å². The van der Waals surface area contributed by atoms with Crippen LogP contribution in [0.15, 0.2) is 42.5 Å². The van der Waals surface area contributed by atoms with Crippen LogP contribution in [0.5, 0.6) is 11.5 Å². The second kappa shape index (κ2) is 8.68. The molecule has 0 bridgehead atoms. The van der Waals surface area contributed by atoms with Gasteiger partial charge in [0.15, 0.2) is 11.5 Å². The van der Waals surface area contributed by atoms with Gasteiger partial charge in [0.2, 0.25) is 0 Å². The van der Waals surface area contributed by atoms with Crippen molar-refractivity contribution >= 4 is 17.4 Å². The Bertz CT molecular complexity index is 994. The Kier molecular flexibility index (Phi) is 6.07. The molecule has 0 fully saturated rings. The van der Waals surface area contributed by atoms with Gasteiger partial charge in [0.25, 0.3) is 0 Å². The highest BCUT2D eigenvalue weighted by Gasteiger charge is 2.17. The van der Waals surface area contributed by atoms with Crippen LogP contribution in [0.1, 0.15) is 31.0 Å². The summed E-state index contributed by atoms with van der Waals surface area (Å²) < 4.78 is 10.7. The number of rotatable bonds is 6. The zero-order valence-electron chi connectivity index (χ0n) is 17.3. The molecule has 1 aromatic heterocycles. The maximum atomic E-state index is 12.5. The number of aromatic nitrogens is 2. The lowest BCUT2D eigenvalue weighted by Crippen LogP contribution is -2.20. The van der Waals surface area contributed by atoms with Crippen molar-refractivity contribution in [2.24, 2.45) is 0 Å². The second-order valence-corrected chi connectivity index (χ2v) is 7.00. The van der Waals surface area contributed by atoms with E-state index in [9.17, 15) is 4.79 Å². The van der Waals surface area contributed by atoms with E-state index in [4.69, 9.17) is 9.47 Å². The molecule has 0 aliphatic carbocycles. The number of methoxy groups -OCH3 is 2. The second-order valence-electron chi connectivity index (χ2n) is 7.00. The van der Waals surface area contributed by atoms with Crippen LogP contribution < -0.4 is 20.1 Å². The van der Waals surface area contributed by atoms with Crippen LogP contribution in [0.2, 0.25) is 0 Å². The van der Waals surface area contributed by atoms with Gasteiger partial charge in [0.1, 0.15) is 5.69 Å². The zero-order valence-corrected chi connectivity index (χ0v) is 17.3. The van der Waals surface area contributed by atoms with Crippen molar-refractivity contribution in [3.63, 3.8) is 0 Å². The average molecular weight is 394 g/mol. The number of anilines is 2. The number of hydrogen-bond donors (Lipinski definition) is 3. The molecule has 3 N–H and O–H groups in total. The van der Waals surface area contributed by atoms with Gasteiger partial charge in [0.05, 0.1) is 25.6 Å². The summed E-state index contributed by atoms with van der Waals surface area (Å²) in [6.07, 6.45) is 0. The van der Waals surface area contributed by atoms with Crippen molar-refractivity contribution in [2.75, 3.05) is 24.9 Å². The van der Waals surface area contributed by atoms with Gasteiger partial charge < -0.3 is 20.1 Å². The van der Waals surface area contributed by atoms with E-state index in [1.165, 1.54) is 5.56 Å². The van der Waals surface area contributed by atoms with Gasteiger partial charge in [-0.1, -0.05) is 26.0 Å². The first-order valence-corrected chi connectivity index (χ1v) is 9.38. The molecule has 0 aliphatic heterocycles. The highest BCUT2D eigenvalue weighted by Crippen LogP contribution is 2.35. The van der Waals surface area contributed by atoms with Crippen molar-refractivity contribution in [3.05, 3.63) is 53.7 Å². The lowest BCUT2D eigenvalue weighted by Gasteiger charge is -2.12. The van der Waals surface area contributed by atoms with Gasteiger partial charge in [-0.3, -0.25) is 5.10 Å². The fourth-order valence-corrected chi connectivity index (χ4v) is 3.00. The molecule has 29 heavy (non-hydrogen) atoms. The maximum absolute atomic E-state index is 12.5. The Morgan fingerprint density at radius 2 is 1.69 bits per heavy atom. The molecular formula is C22H26N4O3. The number of hydrogen-bond acceptors (Lipinski definition) is 4. The molecule has 0 atom stereocenters. The van der Waals surface area contributed by atoms with E-state index < -0.39 is 0 Å². The smallest absolute Gasteiger partial charge is 0.323 e. The average Bonchev–Trinajstić information content (AvgIpc) is 3.08. The highest BCUT2D eigenvalue weighted by molar-refractivity contribution is 6.02. The van der Waals surface area contributed by atoms with Crippen molar-refractivity contribution in [3.8, 4) is 22.8 Å². The maximum Gasteiger partial charge on any atom is 0.323 e. The number of H-pyrrole nitrogens is 1. The molecule has 2 aromatic carbocycles. The first-order chi connectivity index (χ1) is 13.9. The molecule has 0 saturated carbocycles. The van der Waals surface area contributed by atoms with Crippen LogP contribution in [-0.2, 0) is 0 Å². The Labute approximate surface area is 170 Å². The monoisotopic (exact) mass is 394 g/mol. The number of ether oxygens (including phenoxy) is 2. The van der Waals surface area contributed by atoms with E-state index in [0.717, 1.165) is 16.9 Å². The van der Waals surface area contributed by atoms with Gasteiger partial charge >= 0.3 is 6.03 Å². The molecular weight excluding hydrogens is 368 g/mol. The predicted molar refractivity (Wildman–Crippen MR) is 115 cm³/mol. The minimum atomic E-state index is -0.339. The molecule has 7 heteroatoms. The van der Waals surface area contributed by atoms with Gasteiger partial charge in [-0.05, 0) is 48.7 Å². The summed E-state index contributed by atoms with van der Waals surface area (Å²) >= 11 is 0. The third kappa shape index (κ3) is 4.51. The summed E-state index contributed by atoms with van der Waals surface area (Å²) in [7, 11) is 3.16. The van der Waals surface area contributed by atoms with Crippen molar-refractivity contribution in [1.82, 2.24) is 10.2 Å². The highest BCUT2D eigenvalue weighted by atomic mass is 16.5. The summed E-state index contributed by atoms with van der Waals surface area (Å²) in [5.74, 6) is 1.66. The Morgan fingerprint density at radius 1 is 1.00 bits per heavy atom. The molecule has 0 saturated heterocycles. The summed E-state index contributed by atoms with van der Waals surface area (Å²) in [5.41, 5.74) is 4.71. The van der Waals surface area contributed by atoms with Crippen molar-refractivity contribution < 1.29 is 14.3 Å². The number of nitrogens with zero attached hydrogens (tertiary/aromatic N) is 1. The first-order valence-electron chi connectivity index (χ1n) is 9.38. The van der Waals surface area contributed by atoms with Crippen molar-refractivity contribution in [1.29, 1.82) is 0 Å². The number of nitrogens with one attached hydrogen (secondary N) is 3. The Hall–Kier alpha value is -3.48. The minimum Gasteiger partial charge on any atom is -0.493 e. The van der Waals surface area contributed by atoms with Gasteiger partial charge in [-0.15, -0.1) is 0 Å². The summed E-state index contributed by atoms with van der Waals surface area (Å²) in [6.45, 7) is 6.11. The largest absolute Gasteiger partial charge is 0.493 e. The number of amides is 2. The normalized spacial score (nSPS) is 10.7. The van der Waals surface area contributed by atoms with E-state index in [-0.39, 0.29) is 6.03 Å². The predicted octanol–water partition coefficient (Wildman–Crippen LogP) is 5.17. The zero-order chi connectivity index (χ0) is 21.0. The molecule has 1 heterocycles. The van der Waals surface area contributed by atoms with E-state index in [2.05, 4.69) is 34.7 Å². The third-order valence-electron chi connectivity index (χ3n) is 4.68.